The van der Waals surface area contributed by atoms with E-state index in [1.165, 1.54) is 16.7 Å². The summed E-state index contributed by atoms with van der Waals surface area (Å²) in [6.45, 7) is 13.1. The van der Waals surface area contributed by atoms with Gasteiger partial charge in [-0.05, 0) is 42.6 Å². The number of nitrogens with one attached hydrogen (secondary N) is 2. The van der Waals surface area contributed by atoms with Crippen LogP contribution in [-0.4, -0.2) is 20.1 Å². The molecule has 0 fully saturated rings. The van der Waals surface area contributed by atoms with Crippen molar-refractivity contribution < 1.29 is 0 Å². The first kappa shape index (κ1) is 15.2. The molecule has 2 nitrogen and oxygen atoms in total. The lowest BCUT2D eigenvalue weighted by Gasteiger charge is -2.24. The van der Waals surface area contributed by atoms with Gasteiger partial charge in [0.2, 0.25) is 0 Å². The first-order chi connectivity index (χ1) is 8.40. The van der Waals surface area contributed by atoms with Gasteiger partial charge < -0.3 is 10.6 Å². The Labute approximate surface area is 112 Å². The number of rotatable bonds is 5. The van der Waals surface area contributed by atoms with Crippen LogP contribution in [0.15, 0.2) is 18.2 Å². The van der Waals surface area contributed by atoms with Crippen molar-refractivity contribution in [2.75, 3.05) is 20.1 Å². The highest BCUT2D eigenvalue weighted by Crippen LogP contribution is 2.26. The summed E-state index contributed by atoms with van der Waals surface area (Å²) in [7, 11) is 2.03. The molecule has 0 heterocycles. The summed E-state index contributed by atoms with van der Waals surface area (Å²) in [4.78, 5) is 0. The normalized spacial score (nSPS) is 13.7. The molecule has 0 aliphatic rings. The van der Waals surface area contributed by atoms with E-state index in [9.17, 15) is 0 Å². The van der Waals surface area contributed by atoms with E-state index in [-0.39, 0.29) is 5.41 Å². The minimum absolute atomic E-state index is 0.222. The van der Waals surface area contributed by atoms with Crippen LogP contribution in [0.2, 0.25) is 0 Å². The van der Waals surface area contributed by atoms with Gasteiger partial charge in [0.05, 0.1) is 0 Å². The van der Waals surface area contributed by atoms with E-state index in [1.54, 1.807) is 0 Å². The second-order valence-corrected chi connectivity index (χ2v) is 5.97. The monoisotopic (exact) mass is 248 g/mol. The van der Waals surface area contributed by atoms with Gasteiger partial charge in [-0.2, -0.15) is 0 Å². The average Bonchev–Trinajstić information content (AvgIpc) is 2.30. The molecule has 0 bridgehead atoms. The molecule has 1 unspecified atom stereocenters. The molecule has 1 atom stereocenters. The summed E-state index contributed by atoms with van der Waals surface area (Å²) in [5, 5.41) is 6.80. The lowest BCUT2D eigenvalue weighted by molar-refractivity contribution is 0.534. The van der Waals surface area contributed by atoms with Crippen molar-refractivity contribution in [1.29, 1.82) is 0 Å². The molecule has 0 saturated heterocycles. The maximum absolute atomic E-state index is 3.41. The first-order valence-electron chi connectivity index (χ1n) is 6.89. The van der Waals surface area contributed by atoms with E-state index < -0.39 is 0 Å². The van der Waals surface area contributed by atoms with Gasteiger partial charge in [0.1, 0.15) is 0 Å². The number of likely N-dealkylation sites (N-methyl/N-ethyl adjacent to an activating group) is 2. The van der Waals surface area contributed by atoms with Crippen molar-refractivity contribution in [1.82, 2.24) is 10.6 Å². The van der Waals surface area contributed by atoms with Crippen molar-refractivity contribution in [2.24, 2.45) is 0 Å². The summed E-state index contributed by atoms with van der Waals surface area (Å²) in [6, 6.07) is 7.25. The molecule has 1 aromatic rings. The van der Waals surface area contributed by atoms with Gasteiger partial charge in [-0.1, -0.05) is 45.9 Å². The van der Waals surface area contributed by atoms with Crippen LogP contribution < -0.4 is 10.6 Å². The Morgan fingerprint density at radius 2 is 1.89 bits per heavy atom. The molecule has 1 rings (SSSR count). The van der Waals surface area contributed by atoms with Crippen LogP contribution in [0.25, 0.3) is 0 Å². The summed E-state index contributed by atoms with van der Waals surface area (Å²) in [5.74, 6) is 0. The Morgan fingerprint density at radius 1 is 1.22 bits per heavy atom. The molecule has 0 aliphatic carbocycles. The SMILES string of the molecule is CCNCC(NC)c1ccc(C(C)(C)C)cc1C. The van der Waals surface area contributed by atoms with Gasteiger partial charge in [-0.15, -0.1) is 0 Å². The fraction of sp³-hybridized carbons (Fsp3) is 0.625. The number of hydrogen-bond donors (Lipinski definition) is 2. The van der Waals surface area contributed by atoms with Gasteiger partial charge >= 0.3 is 0 Å². The Morgan fingerprint density at radius 3 is 2.33 bits per heavy atom. The first-order valence-corrected chi connectivity index (χ1v) is 6.89. The molecule has 18 heavy (non-hydrogen) atoms. The molecule has 2 heteroatoms. The molecule has 0 aliphatic heterocycles. The smallest absolute Gasteiger partial charge is 0.0446 e. The molecule has 0 spiro atoms. The Hall–Kier alpha value is -0.860. The Balaban J connectivity index is 2.96. The molecule has 2 N–H and O–H groups in total. The van der Waals surface area contributed by atoms with Gasteiger partial charge in [-0.25, -0.2) is 0 Å². The van der Waals surface area contributed by atoms with Gasteiger partial charge in [0.15, 0.2) is 0 Å². The molecule has 102 valence electrons. The lowest BCUT2D eigenvalue weighted by Crippen LogP contribution is -2.30. The van der Waals surface area contributed by atoms with E-state index in [1.807, 2.05) is 7.05 Å². The fourth-order valence-corrected chi connectivity index (χ4v) is 2.19. The number of aryl methyl sites for hydroxylation is 1. The molecular formula is C16H28N2. The zero-order valence-corrected chi connectivity index (χ0v) is 12.7. The van der Waals surface area contributed by atoms with Crippen LogP contribution in [0.4, 0.5) is 0 Å². The number of benzene rings is 1. The lowest BCUT2D eigenvalue weighted by atomic mass is 9.84. The highest BCUT2D eigenvalue weighted by atomic mass is 15.0. The third kappa shape index (κ3) is 3.82. The summed E-state index contributed by atoms with van der Waals surface area (Å²) >= 11 is 0. The zero-order valence-electron chi connectivity index (χ0n) is 12.7. The molecule has 0 aromatic heterocycles. The van der Waals surface area contributed by atoms with E-state index in [4.69, 9.17) is 0 Å². The van der Waals surface area contributed by atoms with Crippen LogP contribution in [-0.2, 0) is 5.41 Å². The highest BCUT2D eigenvalue weighted by molar-refractivity contribution is 5.36. The quantitative estimate of drug-likeness (QED) is 0.836. The van der Waals surface area contributed by atoms with Crippen LogP contribution in [0.1, 0.15) is 50.4 Å². The second kappa shape index (κ2) is 6.35. The fourth-order valence-electron chi connectivity index (χ4n) is 2.19. The van der Waals surface area contributed by atoms with Gasteiger partial charge in [0, 0.05) is 12.6 Å². The summed E-state index contributed by atoms with van der Waals surface area (Å²) in [5.41, 5.74) is 4.40. The van der Waals surface area contributed by atoms with Crippen molar-refractivity contribution in [3.05, 3.63) is 34.9 Å². The predicted octanol–water partition coefficient (Wildman–Crippen LogP) is 3.16. The number of hydrogen-bond acceptors (Lipinski definition) is 2. The maximum Gasteiger partial charge on any atom is 0.0446 e. The summed E-state index contributed by atoms with van der Waals surface area (Å²) in [6.07, 6.45) is 0. The molecular weight excluding hydrogens is 220 g/mol. The van der Waals surface area contributed by atoms with E-state index in [2.05, 4.69) is 63.5 Å². The standard InChI is InChI=1S/C16H28N2/c1-7-18-11-15(17-6)14-9-8-13(10-12(14)2)16(3,4)5/h8-10,15,17-18H,7,11H2,1-6H3. The maximum atomic E-state index is 3.41. The Bertz CT molecular complexity index is 377. The summed E-state index contributed by atoms with van der Waals surface area (Å²) < 4.78 is 0. The van der Waals surface area contributed by atoms with Crippen LogP contribution in [0.3, 0.4) is 0 Å². The highest BCUT2D eigenvalue weighted by Gasteiger charge is 2.17. The van der Waals surface area contributed by atoms with Crippen molar-refractivity contribution in [3.8, 4) is 0 Å². The van der Waals surface area contributed by atoms with Gasteiger partial charge in [0.25, 0.3) is 0 Å². The average molecular weight is 248 g/mol. The third-order valence-electron chi connectivity index (χ3n) is 3.46. The van der Waals surface area contributed by atoms with E-state index >= 15 is 0 Å². The van der Waals surface area contributed by atoms with Gasteiger partial charge in [-0.3, -0.25) is 0 Å². The second-order valence-electron chi connectivity index (χ2n) is 5.97. The minimum Gasteiger partial charge on any atom is -0.315 e. The van der Waals surface area contributed by atoms with E-state index in [0.717, 1.165) is 13.1 Å². The van der Waals surface area contributed by atoms with Crippen molar-refractivity contribution in [3.63, 3.8) is 0 Å². The Kier molecular flexibility index (Phi) is 5.36. The topological polar surface area (TPSA) is 24.1 Å². The molecule has 1 aromatic carbocycles. The van der Waals surface area contributed by atoms with Crippen LogP contribution in [0, 0.1) is 6.92 Å². The molecule has 0 amide bonds. The van der Waals surface area contributed by atoms with E-state index in [0.29, 0.717) is 6.04 Å². The predicted molar refractivity (Wildman–Crippen MR) is 80.2 cm³/mol. The van der Waals surface area contributed by atoms with Crippen LogP contribution in [0.5, 0.6) is 0 Å². The van der Waals surface area contributed by atoms with Crippen molar-refractivity contribution in [2.45, 2.75) is 46.1 Å². The van der Waals surface area contributed by atoms with Crippen molar-refractivity contribution >= 4 is 0 Å². The zero-order chi connectivity index (χ0) is 13.8. The largest absolute Gasteiger partial charge is 0.315 e. The van der Waals surface area contributed by atoms with Crippen LogP contribution >= 0.6 is 0 Å². The minimum atomic E-state index is 0.222. The molecule has 0 radical (unpaired) electrons. The third-order valence-corrected chi connectivity index (χ3v) is 3.46. The molecule has 0 saturated carbocycles.